The molecule has 0 atom stereocenters. The summed E-state index contributed by atoms with van der Waals surface area (Å²) in [6.07, 6.45) is 1.03. The number of benzene rings is 2. The van der Waals surface area contributed by atoms with Crippen LogP contribution in [-0.2, 0) is 14.8 Å². The normalized spacial score (nSPS) is 10.8. The van der Waals surface area contributed by atoms with Crippen molar-refractivity contribution >= 4 is 27.5 Å². The Balaban J connectivity index is 1.95. The van der Waals surface area contributed by atoms with E-state index in [0.29, 0.717) is 11.3 Å². The summed E-state index contributed by atoms with van der Waals surface area (Å²) in [5.74, 6) is -0.950. The minimum absolute atomic E-state index is 0.227. The lowest BCUT2D eigenvalue weighted by molar-refractivity contribution is 0.0475. The molecule has 0 aliphatic heterocycles. The van der Waals surface area contributed by atoms with Gasteiger partial charge in [-0.3, -0.25) is 9.52 Å². The lowest BCUT2D eigenvalue weighted by atomic mass is 10.1. The molecule has 0 amide bonds. The predicted molar refractivity (Wildman–Crippen MR) is 86.0 cm³/mol. The molecule has 2 aromatic rings. The number of rotatable bonds is 6. The van der Waals surface area contributed by atoms with E-state index in [1.807, 2.05) is 0 Å². The number of ketones is 1. The maximum atomic E-state index is 11.9. The zero-order valence-electron chi connectivity index (χ0n) is 12.4. The molecule has 0 spiro atoms. The Kier molecular flexibility index (Phi) is 5.13. The van der Waals surface area contributed by atoms with Crippen molar-refractivity contribution in [3.8, 4) is 0 Å². The van der Waals surface area contributed by atoms with Crippen molar-refractivity contribution in [1.82, 2.24) is 0 Å². The number of hydrogen-bond acceptors (Lipinski definition) is 5. The van der Waals surface area contributed by atoms with Crippen molar-refractivity contribution < 1.29 is 22.7 Å². The summed E-state index contributed by atoms with van der Waals surface area (Å²) in [4.78, 5) is 23.7. The van der Waals surface area contributed by atoms with Gasteiger partial charge in [-0.15, -0.1) is 0 Å². The second kappa shape index (κ2) is 7.06. The summed E-state index contributed by atoms with van der Waals surface area (Å²) >= 11 is 0. The van der Waals surface area contributed by atoms with Crippen molar-refractivity contribution in [3.63, 3.8) is 0 Å². The molecular weight excluding hydrogens is 318 g/mol. The first kappa shape index (κ1) is 16.7. The van der Waals surface area contributed by atoms with E-state index in [1.54, 1.807) is 30.3 Å². The van der Waals surface area contributed by atoms with E-state index in [1.165, 1.54) is 24.3 Å². The van der Waals surface area contributed by atoms with Crippen LogP contribution in [0.15, 0.2) is 54.6 Å². The second-order valence-corrected chi connectivity index (χ2v) is 6.57. The summed E-state index contributed by atoms with van der Waals surface area (Å²) in [6, 6.07) is 14.2. The SMILES string of the molecule is CS(=O)(=O)Nc1ccc(C(=O)OCC(=O)c2ccccc2)cc1. The molecule has 120 valence electrons. The molecule has 0 bridgehead atoms. The van der Waals surface area contributed by atoms with Crippen LogP contribution >= 0.6 is 0 Å². The summed E-state index contributed by atoms with van der Waals surface area (Å²) in [6.45, 7) is -0.355. The van der Waals surface area contributed by atoms with Crippen LogP contribution in [0.5, 0.6) is 0 Å². The van der Waals surface area contributed by atoms with Gasteiger partial charge in [0.1, 0.15) is 0 Å². The van der Waals surface area contributed by atoms with Crippen molar-refractivity contribution in [3.05, 3.63) is 65.7 Å². The fraction of sp³-hybridized carbons (Fsp3) is 0.125. The number of Topliss-reactive ketones (excluding diaryl/α,β-unsaturated/α-hetero) is 1. The van der Waals surface area contributed by atoms with Crippen LogP contribution in [0.1, 0.15) is 20.7 Å². The fourth-order valence-corrected chi connectivity index (χ4v) is 2.37. The van der Waals surface area contributed by atoms with Gasteiger partial charge >= 0.3 is 5.97 Å². The van der Waals surface area contributed by atoms with E-state index in [9.17, 15) is 18.0 Å². The van der Waals surface area contributed by atoms with Crippen molar-refractivity contribution in [2.45, 2.75) is 0 Å². The van der Waals surface area contributed by atoms with Crippen LogP contribution in [-0.4, -0.2) is 33.0 Å². The van der Waals surface area contributed by atoms with Gasteiger partial charge in [0, 0.05) is 11.3 Å². The first-order valence-corrected chi connectivity index (χ1v) is 8.57. The Morgan fingerprint density at radius 3 is 2.13 bits per heavy atom. The summed E-state index contributed by atoms with van der Waals surface area (Å²) in [7, 11) is -3.37. The molecule has 2 rings (SSSR count). The van der Waals surface area contributed by atoms with Gasteiger partial charge in [0.05, 0.1) is 11.8 Å². The second-order valence-electron chi connectivity index (χ2n) is 4.82. The van der Waals surface area contributed by atoms with E-state index in [4.69, 9.17) is 4.74 Å². The van der Waals surface area contributed by atoms with Crippen LogP contribution in [0.4, 0.5) is 5.69 Å². The standard InChI is InChI=1S/C16H15NO5S/c1-23(20,21)17-14-9-7-13(8-10-14)16(19)22-11-15(18)12-5-3-2-4-6-12/h2-10,17H,11H2,1H3. The highest BCUT2D eigenvalue weighted by atomic mass is 32.2. The maximum absolute atomic E-state index is 11.9. The average molecular weight is 333 g/mol. The van der Waals surface area contributed by atoms with Gasteiger partial charge in [-0.2, -0.15) is 0 Å². The molecule has 7 heteroatoms. The molecule has 0 saturated heterocycles. The van der Waals surface area contributed by atoms with Gasteiger partial charge in [0.2, 0.25) is 10.0 Å². The third-order valence-corrected chi connectivity index (χ3v) is 3.46. The molecule has 6 nitrogen and oxygen atoms in total. The Bertz CT molecular complexity index is 798. The van der Waals surface area contributed by atoms with Gasteiger partial charge in [-0.1, -0.05) is 30.3 Å². The highest BCUT2D eigenvalue weighted by Gasteiger charge is 2.12. The number of anilines is 1. The summed E-state index contributed by atoms with van der Waals surface area (Å²) in [5.41, 5.74) is 1.03. The van der Waals surface area contributed by atoms with Crippen LogP contribution in [0, 0.1) is 0 Å². The van der Waals surface area contributed by atoms with Crippen molar-refractivity contribution in [1.29, 1.82) is 0 Å². The van der Waals surface area contributed by atoms with Crippen LogP contribution in [0.3, 0.4) is 0 Å². The van der Waals surface area contributed by atoms with Gasteiger partial charge in [-0.05, 0) is 24.3 Å². The molecule has 0 radical (unpaired) electrons. The molecule has 0 fully saturated rings. The maximum Gasteiger partial charge on any atom is 0.338 e. The molecule has 0 unspecified atom stereocenters. The highest BCUT2D eigenvalue weighted by Crippen LogP contribution is 2.12. The fourth-order valence-electron chi connectivity index (χ4n) is 1.81. The van der Waals surface area contributed by atoms with Crippen LogP contribution < -0.4 is 4.72 Å². The molecule has 1 N–H and O–H groups in total. The quantitative estimate of drug-likeness (QED) is 0.646. The highest BCUT2D eigenvalue weighted by molar-refractivity contribution is 7.92. The topological polar surface area (TPSA) is 89.5 Å². The summed E-state index contributed by atoms with van der Waals surface area (Å²) in [5, 5.41) is 0. The number of carbonyl (C=O) groups excluding carboxylic acids is 2. The van der Waals surface area contributed by atoms with Gasteiger partial charge in [0.15, 0.2) is 12.4 Å². The number of esters is 1. The average Bonchev–Trinajstić information content (AvgIpc) is 2.52. The predicted octanol–water partition coefficient (Wildman–Crippen LogP) is 2.10. The Hall–Kier alpha value is -2.67. The molecular formula is C16H15NO5S. The van der Waals surface area contributed by atoms with Crippen LogP contribution in [0.25, 0.3) is 0 Å². The first-order chi connectivity index (χ1) is 10.8. The Labute approximate surface area is 134 Å². The Morgan fingerprint density at radius 2 is 1.57 bits per heavy atom. The zero-order chi connectivity index (χ0) is 16.9. The molecule has 23 heavy (non-hydrogen) atoms. The number of ether oxygens (including phenoxy) is 1. The molecule has 0 aromatic heterocycles. The lowest BCUT2D eigenvalue weighted by Crippen LogP contribution is -2.14. The van der Waals surface area contributed by atoms with Gasteiger partial charge < -0.3 is 4.74 Å². The third kappa shape index (κ3) is 5.23. The minimum Gasteiger partial charge on any atom is -0.454 e. The smallest absolute Gasteiger partial charge is 0.338 e. The Morgan fingerprint density at radius 1 is 0.957 bits per heavy atom. The minimum atomic E-state index is -3.37. The van der Waals surface area contributed by atoms with Crippen molar-refractivity contribution in [2.75, 3.05) is 17.6 Å². The van der Waals surface area contributed by atoms with E-state index in [0.717, 1.165) is 6.26 Å². The van der Waals surface area contributed by atoms with E-state index >= 15 is 0 Å². The molecule has 0 saturated carbocycles. The molecule has 0 aliphatic rings. The molecule has 0 aliphatic carbocycles. The largest absolute Gasteiger partial charge is 0.454 e. The number of nitrogens with one attached hydrogen (secondary N) is 1. The third-order valence-electron chi connectivity index (χ3n) is 2.85. The van der Waals surface area contributed by atoms with E-state index in [-0.39, 0.29) is 18.0 Å². The van der Waals surface area contributed by atoms with Crippen LogP contribution in [0.2, 0.25) is 0 Å². The lowest BCUT2D eigenvalue weighted by Gasteiger charge is -2.06. The monoisotopic (exact) mass is 333 g/mol. The van der Waals surface area contributed by atoms with Gasteiger partial charge in [0.25, 0.3) is 0 Å². The summed E-state index contributed by atoms with van der Waals surface area (Å²) < 4.78 is 29.4. The molecule has 0 heterocycles. The van der Waals surface area contributed by atoms with Crippen molar-refractivity contribution in [2.24, 2.45) is 0 Å². The van der Waals surface area contributed by atoms with Gasteiger partial charge in [-0.25, -0.2) is 13.2 Å². The first-order valence-electron chi connectivity index (χ1n) is 6.68. The molecule has 2 aromatic carbocycles. The van der Waals surface area contributed by atoms with E-state index in [2.05, 4.69) is 4.72 Å². The number of carbonyl (C=O) groups is 2. The zero-order valence-corrected chi connectivity index (χ0v) is 13.2. The van der Waals surface area contributed by atoms with E-state index < -0.39 is 16.0 Å². The number of hydrogen-bond donors (Lipinski definition) is 1. The number of sulfonamides is 1.